The van der Waals surface area contributed by atoms with Gasteiger partial charge in [0.2, 0.25) is 5.91 Å². The van der Waals surface area contributed by atoms with Gasteiger partial charge in [-0.15, -0.1) is 0 Å². The predicted molar refractivity (Wildman–Crippen MR) is 58.8 cm³/mol. The summed E-state index contributed by atoms with van der Waals surface area (Å²) < 4.78 is 26.7. The number of amides is 1. The van der Waals surface area contributed by atoms with Crippen LogP contribution in [0.15, 0.2) is 17.6 Å². The van der Waals surface area contributed by atoms with Crippen molar-refractivity contribution in [2.45, 2.75) is 17.5 Å². The number of aryl methyl sites for hydroxylation is 1. The molecule has 0 aromatic carbocycles. The Balaban J connectivity index is 2.93. The van der Waals surface area contributed by atoms with E-state index in [-0.39, 0.29) is 5.03 Å². The highest BCUT2D eigenvalue weighted by molar-refractivity contribution is 7.89. The van der Waals surface area contributed by atoms with Gasteiger partial charge in [-0.25, -0.2) is 13.4 Å². The number of carbonyl (C=O) groups excluding carboxylic acids is 1. The van der Waals surface area contributed by atoms with Gasteiger partial charge in [-0.2, -0.15) is 4.72 Å². The SMILES string of the molecule is Cn1cnc(S(=O)(=O)N[C@@H](CC(N)=O)C(=O)O)c1. The van der Waals surface area contributed by atoms with Crippen LogP contribution >= 0.6 is 0 Å². The molecule has 0 unspecified atom stereocenters. The molecule has 10 heteroatoms. The Labute approximate surface area is 103 Å². The van der Waals surface area contributed by atoms with Crippen LogP contribution < -0.4 is 10.5 Å². The van der Waals surface area contributed by atoms with Gasteiger partial charge in [0.25, 0.3) is 10.0 Å². The molecule has 0 aliphatic rings. The first kappa shape index (κ1) is 14.1. The van der Waals surface area contributed by atoms with Crippen LogP contribution in [0.4, 0.5) is 0 Å². The molecule has 0 aliphatic heterocycles. The summed E-state index contributed by atoms with van der Waals surface area (Å²) in [6, 6.07) is -1.62. The van der Waals surface area contributed by atoms with Crippen molar-refractivity contribution in [1.29, 1.82) is 0 Å². The summed E-state index contributed by atoms with van der Waals surface area (Å²) in [5, 5.41) is 8.44. The highest BCUT2D eigenvalue weighted by Gasteiger charge is 2.28. The molecule has 0 radical (unpaired) electrons. The lowest BCUT2D eigenvalue weighted by Gasteiger charge is -2.11. The molecule has 0 bridgehead atoms. The van der Waals surface area contributed by atoms with Gasteiger partial charge >= 0.3 is 5.97 Å². The number of hydrogen-bond acceptors (Lipinski definition) is 5. The molecule has 9 nitrogen and oxygen atoms in total. The summed E-state index contributed by atoms with van der Waals surface area (Å²) in [5.74, 6) is -2.42. The van der Waals surface area contributed by atoms with Crippen LogP contribution in [0, 0.1) is 0 Å². The van der Waals surface area contributed by atoms with Gasteiger partial charge in [-0.1, -0.05) is 0 Å². The first-order valence-corrected chi connectivity index (χ1v) is 6.22. The van der Waals surface area contributed by atoms with E-state index in [0.717, 1.165) is 0 Å². The van der Waals surface area contributed by atoms with Crippen LogP contribution in [0.5, 0.6) is 0 Å². The Bertz CT molecular complexity index is 564. The predicted octanol–water partition coefficient (Wildman–Crippen LogP) is -1.97. The molecule has 1 aromatic heterocycles. The zero-order chi connectivity index (χ0) is 13.9. The van der Waals surface area contributed by atoms with Crippen molar-refractivity contribution in [2.24, 2.45) is 12.8 Å². The van der Waals surface area contributed by atoms with Gasteiger partial charge in [-0.05, 0) is 0 Å². The van der Waals surface area contributed by atoms with E-state index in [4.69, 9.17) is 10.8 Å². The molecule has 1 rings (SSSR count). The first-order chi connectivity index (χ1) is 8.22. The first-order valence-electron chi connectivity index (χ1n) is 4.74. The maximum atomic E-state index is 11.7. The normalized spacial score (nSPS) is 13.2. The smallest absolute Gasteiger partial charge is 0.322 e. The Morgan fingerprint density at radius 1 is 1.61 bits per heavy atom. The molecular weight excluding hydrogens is 264 g/mol. The molecule has 1 aromatic rings. The van der Waals surface area contributed by atoms with E-state index < -0.39 is 34.4 Å². The number of carboxylic acids is 1. The van der Waals surface area contributed by atoms with Gasteiger partial charge < -0.3 is 15.4 Å². The zero-order valence-corrected chi connectivity index (χ0v) is 10.2. The van der Waals surface area contributed by atoms with Crippen molar-refractivity contribution in [3.63, 3.8) is 0 Å². The highest BCUT2D eigenvalue weighted by Crippen LogP contribution is 2.06. The molecule has 0 spiro atoms. The lowest BCUT2D eigenvalue weighted by Crippen LogP contribution is -2.43. The molecule has 1 atom stereocenters. The van der Waals surface area contributed by atoms with Crippen LogP contribution in [0.3, 0.4) is 0 Å². The highest BCUT2D eigenvalue weighted by atomic mass is 32.2. The maximum absolute atomic E-state index is 11.7. The third-order valence-corrected chi connectivity index (χ3v) is 3.31. The standard InChI is InChI=1S/C8H12N4O5S/c1-12-3-7(10-4-12)18(16,17)11-5(8(14)15)2-6(9)13/h3-5,11H,2H2,1H3,(H2,9,13)(H,14,15)/t5-/m0/s1. The topological polar surface area (TPSA) is 144 Å². The molecule has 0 aliphatic carbocycles. The van der Waals surface area contributed by atoms with Crippen molar-refractivity contribution >= 4 is 21.9 Å². The molecule has 18 heavy (non-hydrogen) atoms. The third-order valence-electron chi connectivity index (χ3n) is 1.96. The average molecular weight is 276 g/mol. The second kappa shape index (κ2) is 5.14. The number of nitrogens with two attached hydrogens (primary N) is 1. The largest absolute Gasteiger partial charge is 0.480 e. The minimum Gasteiger partial charge on any atom is -0.480 e. The molecule has 100 valence electrons. The van der Waals surface area contributed by atoms with E-state index in [9.17, 15) is 18.0 Å². The molecule has 4 N–H and O–H groups in total. The molecule has 0 saturated heterocycles. The Kier molecular flexibility index (Phi) is 4.03. The molecule has 0 saturated carbocycles. The van der Waals surface area contributed by atoms with Crippen molar-refractivity contribution in [2.75, 3.05) is 0 Å². The monoisotopic (exact) mass is 276 g/mol. The number of primary amides is 1. The number of hydrogen-bond donors (Lipinski definition) is 3. The van der Waals surface area contributed by atoms with Crippen molar-refractivity contribution in [3.8, 4) is 0 Å². The van der Waals surface area contributed by atoms with E-state index in [1.165, 1.54) is 17.1 Å². The lowest BCUT2D eigenvalue weighted by atomic mass is 10.2. The van der Waals surface area contributed by atoms with Gasteiger partial charge in [0.15, 0.2) is 5.03 Å². The zero-order valence-electron chi connectivity index (χ0n) is 9.40. The third kappa shape index (κ3) is 3.53. The second-order valence-corrected chi connectivity index (χ2v) is 5.22. The Morgan fingerprint density at radius 2 is 2.22 bits per heavy atom. The average Bonchev–Trinajstić information content (AvgIpc) is 2.63. The number of nitrogens with zero attached hydrogens (tertiary/aromatic N) is 2. The fourth-order valence-electron chi connectivity index (χ4n) is 1.16. The van der Waals surface area contributed by atoms with E-state index in [0.29, 0.717) is 0 Å². The number of nitrogens with one attached hydrogen (secondary N) is 1. The number of imidazole rings is 1. The molecule has 1 amide bonds. The Hall–Kier alpha value is -1.94. The molecule has 1 heterocycles. The minimum absolute atomic E-state index is 0.333. The van der Waals surface area contributed by atoms with Gasteiger partial charge in [0, 0.05) is 13.2 Å². The van der Waals surface area contributed by atoms with Crippen LogP contribution in [0.2, 0.25) is 0 Å². The number of carboxylic acid groups (broad SMARTS) is 1. The van der Waals surface area contributed by atoms with E-state index in [2.05, 4.69) is 4.98 Å². The van der Waals surface area contributed by atoms with E-state index >= 15 is 0 Å². The lowest BCUT2D eigenvalue weighted by molar-refractivity contribution is -0.140. The van der Waals surface area contributed by atoms with E-state index in [1.54, 1.807) is 7.05 Å². The van der Waals surface area contributed by atoms with Crippen LogP contribution in [-0.2, 0) is 26.7 Å². The van der Waals surface area contributed by atoms with Crippen molar-refractivity contribution in [1.82, 2.24) is 14.3 Å². The van der Waals surface area contributed by atoms with Crippen LogP contribution in [0.1, 0.15) is 6.42 Å². The fraction of sp³-hybridized carbons (Fsp3) is 0.375. The minimum atomic E-state index is -4.10. The number of aromatic nitrogens is 2. The van der Waals surface area contributed by atoms with Crippen molar-refractivity contribution < 1.29 is 23.1 Å². The molecular formula is C8H12N4O5S. The van der Waals surface area contributed by atoms with Gasteiger partial charge in [0.1, 0.15) is 6.04 Å². The Morgan fingerprint density at radius 3 is 2.61 bits per heavy atom. The molecule has 0 fully saturated rings. The second-order valence-electron chi connectivity index (χ2n) is 3.56. The van der Waals surface area contributed by atoms with Crippen LogP contribution in [0.25, 0.3) is 0 Å². The summed E-state index contributed by atoms with van der Waals surface area (Å²) in [7, 11) is -2.54. The van der Waals surface area contributed by atoms with Gasteiger partial charge in [-0.3, -0.25) is 9.59 Å². The number of aliphatic carboxylic acids is 1. The maximum Gasteiger partial charge on any atom is 0.322 e. The summed E-state index contributed by atoms with van der Waals surface area (Å²) in [6.07, 6.45) is 1.81. The van der Waals surface area contributed by atoms with E-state index in [1.807, 2.05) is 4.72 Å². The summed E-state index contributed by atoms with van der Waals surface area (Å²) in [5.41, 5.74) is 4.84. The van der Waals surface area contributed by atoms with Crippen molar-refractivity contribution in [3.05, 3.63) is 12.5 Å². The summed E-state index contributed by atoms with van der Waals surface area (Å²) in [6.45, 7) is 0. The number of carbonyl (C=O) groups is 2. The fourth-order valence-corrected chi connectivity index (χ4v) is 2.33. The summed E-state index contributed by atoms with van der Waals surface area (Å²) >= 11 is 0. The number of sulfonamides is 1. The summed E-state index contributed by atoms with van der Waals surface area (Å²) in [4.78, 5) is 25.0. The van der Waals surface area contributed by atoms with Gasteiger partial charge in [0.05, 0.1) is 12.7 Å². The number of rotatable bonds is 6. The quantitative estimate of drug-likeness (QED) is 0.549. The van der Waals surface area contributed by atoms with Crippen LogP contribution in [-0.4, -0.2) is 41.0 Å².